The molecular weight excluding hydrogens is 252 g/mol. The first-order valence-electron chi connectivity index (χ1n) is 8.09. The molecule has 0 bridgehead atoms. The molecule has 5 heteroatoms. The fraction of sp³-hybridized carbons (Fsp3) is 0.933. The molecular formula is C15H30N4O. The number of nitrogens with zero attached hydrogens (tertiary/aromatic N) is 3. The van der Waals surface area contributed by atoms with Crippen LogP contribution < -0.4 is 5.32 Å². The summed E-state index contributed by atoms with van der Waals surface area (Å²) >= 11 is 0. The highest BCUT2D eigenvalue weighted by Gasteiger charge is 2.24. The van der Waals surface area contributed by atoms with Crippen molar-refractivity contribution in [2.45, 2.75) is 45.7 Å². The molecule has 0 aliphatic carbocycles. The van der Waals surface area contributed by atoms with Gasteiger partial charge in [0.25, 0.3) is 0 Å². The van der Waals surface area contributed by atoms with Gasteiger partial charge >= 0.3 is 0 Å². The van der Waals surface area contributed by atoms with Gasteiger partial charge in [-0.2, -0.15) is 0 Å². The molecule has 116 valence electrons. The van der Waals surface area contributed by atoms with E-state index < -0.39 is 0 Å². The van der Waals surface area contributed by atoms with Crippen molar-refractivity contribution >= 4 is 5.96 Å². The van der Waals surface area contributed by atoms with Crippen molar-refractivity contribution in [1.29, 1.82) is 0 Å². The van der Waals surface area contributed by atoms with Gasteiger partial charge in [-0.15, -0.1) is 0 Å². The summed E-state index contributed by atoms with van der Waals surface area (Å²) in [6, 6.07) is 0.980. The third-order valence-corrected chi connectivity index (χ3v) is 4.23. The van der Waals surface area contributed by atoms with Crippen molar-refractivity contribution in [3.05, 3.63) is 0 Å². The fourth-order valence-corrected chi connectivity index (χ4v) is 3.07. The van der Waals surface area contributed by atoms with Gasteiger partial charge in [-0.05, 0) is 33.6 Å². The standard InChI is InChI=1S/C15H30N4O/c1-4-16-15(18-7-5-6-8-18)17-11-13(2)19-9-10-20-12-14(19)3/h13-14H,4-12H2,1-3H3,(H,16,17). The zero-order valence-corrected chi connectivity index (χ0v) is 13.3. The number of aliphatic imine (C=N–C) groups is 1. The van der Waals surface area contributed by atoms with Crippen molar-refractivity contribution in [3.8, 4) is 0 Å². The number of hydrogen-bond donors (Lipinski definition) is 1. The Kier molecular flexibility index (Phi) is 6.10. The molecule has 0 amide bonds. The summed E-state index contributed by atoms with van der Waals surface area (Å²) in [7, 11) is 0. The lowest BCUT2D eigenvalue weighted by Gasteiger charge is -2.37. The Balaban J connectivity index is 1.90. The maximum atomic E-state index is 5.51. The number of guanidine groups is 1. The maximum absolute atomic E-state index is 5.51. The van der Waals surface area contributed by atoms with Crippen LogP contribution >= 0.6 is 0 Å². The topological polar surface area (TPSA) is 40.1 Å². The predicted octanol–water partition coefficient (Wildman–Crippen LogP) is 1.16. The second kappa shape index (κ2) is 7.84. The molecule has 0 saturated carbocycles. The van der Waals surface area contributed by atoms with Crippen LogP contribution in [0.2, 0.25) is 0 Å². The van der Waals surface area contributed by atoms with Crippen LogP contribution in [0.1, 0.15) is 33.6 Å². The van der Waals surface area contributed by atoms with Crippen molar-refractivity contribution in [3.63, 3.8) is 0 Å². The smallest absolute Gasteiger partial charge is 0.193 e. The van der Waals surface area contributed by atoms with E-state index in [1.54, 1.807) is 0 Å². The lowest BCUT2D eigenvalue weighted by molar-refractivity contribution is -0.0166. The zero-order chi connectivity index (χ0) is 14.4. The first-order valence-corrected chi connectivity index (χ1v) is 8.09. The number of rotatable bonds is 4. The molecule has 2 fully saturated rings. The number of ether oxygens (including phenoxy) is 1. The third-order valence-electron chi connectivity index (χ3n) is 4.23. The molecule has 2 aliphatic rings. The fourth-order valence-electron chi connectivity index (χ4n) is 3.07. The van der Waals surface area contributed by atoms with E-state index in [1.165, 1.54) is 12.8 Å². The van der Waals surface area contributed by atoms with Crippen LogP contribution in [-0.4, -0.2) is 73.8 Å². The third kappa shape index (κ3) is 4.09. The molecule has 2 rings (SSSR count). The SMILES string of the molecule is CCNC(=NCC(C)N1CCOCC1C)N1CCCC1. The molecule has 1 N–H and O–H groups in total. The molecule has 2 aliphatic heterocycles. The van der Waals surface area contributed by atoms with E-state index in [0.717, 1.165) is 51.9 Å². The Morgan fingerprint density at radius 1 is 1.35 bits per heavy atom. The molecule has 0 aromatic heterocycles. The van der Waals surface area contributed by atoms with Crippen molar-refractivity contribution in [2.75, 3.05) is 45.9 Å². The minimum Gasteiger partial charge on any atom is -0.379 e. The van der Waals surface area contributed by atoms with Crippen LogP contribution in [0.25, 0.3) is 0 Å². The molecule has 20 heavy (non-hydrogen) atoms. The number of likely N-dealkylation sites (tertiary alicyclic amines) is 1. The second-order valence-electron chi connectivity index (χ2n) is 5.90. The van der Waals surface area contributed by atoms with Crippen LogP contribution in [-0.2, 0) is 4.74 Å². The zero-order valence-electron chi connectivity index (χ0n) is 13.3. The monoisotopic (exact) mass is 282 g/mol. The summed E-state index contributed by atoms with van der Waals surface area (Å²) in [6.45, 7) is 13.5. The first kappa shape index (κ1) is 15.6. The highest BCUT2D eigenvalue weighted by molar-refractivity contribution is 5.80. The van der Waals surface area contributed by atoms with Crippen LogP contribution in [0, 0.1) is 0 Å². The van der Waals surface area contributed by atoms with E-state index in [4.69, 9.17) is 9.73 Å². The Labute approximate surface area is 123 Å². The normalized spacial score (nSPS) is 26.9. The van der Waals surface area contributed by atoms with E-state index >= 15 is 0 Å². The van der Waals surface area contributed by atoms with Crippen LogP contribution in [0.4, 0.5) is 0 Å². The summed E-state index contributed by atoms with van der Waals surface area (Å²) in [5, 5.41) is 3.43. The molecule has 0 radical (unpaired) electrons. The molecule has 0 aromatic rings. The summed E-state index contributed by atoms with van der Waals surface area (Å²) in [4.78, 5) is 9.76. The van der Waals surface area contributed by atoms with Gasteiger partial charge < -0.3 is 15.0 Å². The van der Waals surface area contributed by atoms with E-state index in [9.17, 15) is 0 Å². The largest absolute Gasteiger partial charge is 0.379 e. The van der Waals surface area contributed by atoms with Crippen LogP contribution in [0.3, 0.4) is 0 Å². The molecule has 0 spiro atoms. The minimum atomic E-state index is 0.477. The molecule has 2 saturated heterocycles. The van der Waals surface area contributed by atoms with E-state index in [1.807, 2.05) is 0 Å². The maximum Gasteiger partial charge on any atom is 0.193 e. The van der Waals surface area contributed by atoms with Gasteiger partial charge in [0.15, 0.2) is 5.96 Å². The minimum absolute atomic E-state index is 0.477. The lowest BCUT2D eigenvalue weighted by atomic mass is 10.2. The van der Waals surface area contributed by atoms with E-state index in [2.05, 4.69) is 35.9 Å². The van der Waals surface area contributed by atoms with Gasteiger partial charge in [0, 0.05) is 38.3 Å². The first-order chi connectivity index (χ1) is 9.72. The highest BCUT2D eigenvalue weighted by atomic mass is 16.5. The Morgan fingerprint density at radius 3 is 2.75 bits per heavy atom. The van der Waals surface area contributed by atoms with Gasteiger partial charge in [-0.3, -0.25) is 9.89 Å². The molecule has 2 unspecified atom stereocenters. The van der Waals surface area contributed by atoms with E-state index in [-0.39, 0.29) is 0 Å². The van der Waals surface area contributed by atoms with Gasteiger partial charge in [0.1, 0.15) is 0 Å². The highest BCUT2D eigenvalue weighted by Crippen LogP contribution is 2.12. The van der Waals surface area contributed by atoms with Gasteiger partial charge in [-0.1, -0.05) is 0 Å². The number of nitrogens with one attached hydrogen (secondary N) is 1. The lowest BCUT2D eigenvalue weighted by Crippen LogP contribution is -2.49. The van der Waals surface area contributed by atoms with E-state index in [0.29, 0.717) is 12.1 Å². The Morgan fingerprint density at radius 2 is 2.10 bits per heavy atom. The second-order valence-corrected chi connectivity index (χ2v) is 5.90. The van der Waals surface area contributed by atoms with Crippen LogP contribution in [0.5, 0.6) is 0 Å². The Hall–Kier alpha value is -0.810. The summed E-state index contributed by atoms with van der Waals surface area (Å²) in [5.41, 5.74) is 0. The average Bonchev–Trinajstić information content (AvgIpc) is 2.97. The predicted molar refractivity (Wildman–Crippen MR) is 83.2 cm³/mol. The van der Waals surface area contributed by atoms with Crippen molar-refractivity contribution in [2.24, 2.45) is 4.99 Å². The molecule has 0 aromatic carbocycles. The molecule has 2 heterocycles. The molecule has 5 nitrogen and oxygen atoms in total. The quantitative estimate of drug-likeness (QED) is 0.620. The average molecular weight is 282 g/mol. The van der Waals surface area contributed by atoms with Gasteiger partial charge in [-0.25, -0.2) is 0 Å². The summed E-state index contributed by atoms with van der Waals surface area (Å²) in [5.74, 6) is 1.10. The van der Waals surface area contributed by atoms with Crippen molar-refractivity contribution < 1.29 is 4.74 Å². The van der Waals surface area contributed by atoms with Crippen LogP contribution in [0.15, 0.2) is 4.99 Å². The summed E-state index contributed by atoms with van der Waals surface area (Å²) < 4.78 is 5.51. The number of hydrogen-bond acceptors (Lipinski definition) is 3. The summed E-state index contributed by atoms with van der Waals surface area (Å²) in [6.07, 6.45) is 2.58. The Bertz CT molecular complexity index is 315. The van der Waals surface area contributed by atoms with Gasteiger partial charge in [0.05, 0.1) is 19.8 Å². The molecule has 2 atom stereocenters. The van der Waals surface area contributed by atoms with Gasteiger partial charge in [0.2, 0.25) is 0 Å². The van der Waals surface area contributed by atoms with Crippen molar-refractivity contribution in [1.82, 2.24) is 15.1 Å². The number of morpholine rings is 1.